The van der Waals surface area contributed by atoms with E-state index in [1.54, 1.807) is 0 Å². The van der Waals surface area contributed by atoms with Crippen molar-refractivity contribution in [1.82, 2.24) is 49.7 Å². The van der Waals surface area contributed by atoms with Crippen LogP contribution in [0.25, 0.3) is 55.0 Å². The van der Waals surface area contributed by atoms with Gasteiger partial charge in [0, 0.05) is 47.2 Å². The van der Waals surface area contributed by atoms with Crippen molar-refractivity contribution in [3.05, 3.63) is 131 Å². The van der Waals surface area contributed by atoms with Gasteiger partial charge in [-0.2, -0.15) is 0 Å². The van der Waals surface area contributed by atoms with Crippen molar-refractivity contribution in [3.8, 4) is 0 Å². The van der Waals surface area contributed by atoms with E-state index in [4.69, 9.17) is 20.4 Å². The van der Waals surface area contributed by atoms with Gasteiger partial charge >= 0.3 is 0 Å². The molecule has 0 aliphatic rings. The summed E-state index contributed by atoms with van der Waals surface area (Å²) in [5.41, 5.74) is 7.95. The maximum atomic E-state index is 9.37. The SMILES string of the molecule is O.OCCN(Cc1nc2ccccc2[nH]1)Cc1nc2ccccc2[nH]1.OCCN(Cc1nc2ccccc2[nH]1)Cc1nc2ccccc2[nH]1.[Fe].[Fe].[N-]=C=O.[N-]=C=O. The molecule has 4 heterocycles. The maximum absolute atomic E-state index is 9.37. The van der Waals surface area contributed by atoms with Crippen LogP contribution >= 0.6 is 0 Å². The van der Waals surface area contributed by atoms with Gasteiger partial charge in [-0.1, -0.05) is 48.5 Å². The average Bonchev–Trinajstić information content (AvgIpc) is 3.96. The molecule has 4 aromatic heterocycles. The molecule has 17 nitrogen and oxygen atoms in total. The Morgan fingerprint density at radius 2 is 0.684 bits per heavy atom. The largest absolute Gasteiger partial charge is 0.724 e. The van der Waals surface area contributed by atoms with E-state index in [-0.39, 0.29) is 52.8 Å². The topological polar surface area (TPSA) is 272 Å². The molecule has 57 heavy (non-hydrogen) atoms. The molecular weight excluding hydrogens is 816 g/mol. The van der Waals surface area contributed by atoms with Crippen LogP contribution in [-0.2, 0) is 69.9 Å². The van der Waals surface area contributed by atoms with Crippen LogP contribution in [0.5, 0.6) is 0 Å². The van der Waals surface area contributed by atoms with Crippen molar-refractivity contribution in [1.29, 1.82) is 0 Å². The summed E-state index contributed by atoms with van der Waals surface area (Å²) >= 11 is 0. The van der Waals surface area contributed by atoms with Crippen LogP contribution in [0, 0.1) is 0 Å². The Morgan fingerprint density at radius 1 is 0.474 bits per heavy atom. The van der Waals surface area contributed by atoms with Gasteiger partial charge in [0.15, 0.2) is 0 Å². The first-order chi connectivity index (χ1) is 26.5. The Kier molecular flexibility index (Phi) is 20.7. The first-order valence-corrected chi connectivity index (χ1v) is 16.9. The third-order valence-corrected chi connectivity index (χ3v) is 8.08. The van der Waals surface area contributed by atoms with Gasteiger partial charge in [0.25, 0.3) is 0 Å². The molecule has 8 aromatic rings. The van der Waals surface area contributed by atoms with Crippen molar-refractivity contribution in [2.24, 2.45) is 0 Å². The molecule has 0 amide bonds. The Hall–Kier alpha value is -5.64. The minimum absolute atomic E-state index is 0. The number of aromatic amines is 4. The van der Waals surface area contributed by atoms with Crippen molar-refractivity contribution in [2.75, 3.05) is 26.3 Å². The molecule has 0 unspecified atom stereocenters. The van der Waals surface area contributed by atoms with Gasteiger partial charge < -0.3 is 46.4 Å². The monoisotopic (exact) mass is 856 g/mol. The van der Waals surface area contributed by atoms with Crippen LogP contribution in [0.4, 0.5) is 0 Å². The standard InChI is InChI=1S/2C18H19N5O.2CNO.2Fe.H2O/c2*24-10-9-23(11-17-19-13-5-1-2-6-14(13)20-17)12-18-21-15-7-3-4-8-16(15)22-18;2*2-1-3;;;/h2*1-8,24H,9-12H2,(H,19,20)(H,21,22);;;;;1H2/q;;2*-1;;;. The zero-order valence-corrected chi connectivity index (χ0v) is 32.6. The van der Waals surface area contributed by atoms with Crippen LogP contribution in [0.1, 0.15) is 23.3 Å². The molecular formula is C38H40Fe2N12O5-2. The number of imidazole rings is 4. The first-order valence-electron chi connectivity index (χ1n) is 16.9. The van der Waals surface area contributed by atoms with E-state index >= 15 is 0 Å². The van der Waals surface area contributed by atoms with Crippen molar-refractivity contribution >= 4 is 56.3 Å². The van der Waals surface area contributed by atoms with Crippen molar-refractivity contribution < 1.29 is 59.4 Å². The third kappa shape index (κ3) is 13.8. The Labute approximate surface area is 347 Å². The van der Waals surface area contributed by atoms with Gasteiger partial charge in [-0.15, -0.1) is 0 Å². The van der Waals surface area contributed by atoms with E-state index in [0.29, 0.717) is 51.4 Å². The minimum Gasteiger partial charge on any atom is -0.724 e. The zero-order chi connectivity index (χ0) is 38.1. The van der Waals surface area contributed by atoms with E-state index in [1.807, 2.05) is 97.1 Å². The number of carbonyl (C=O) groups excluding carboxylic acids is 2. The molecule has 0 aliphatic carbocycles. The molecule has 19 heteroatoms. The number of aliphatic hydroxyl groups excluding tert-OH is 2. The molecule has 0 atom stereocenters. The number of aromatic nitrogens is 8. The summed E-state index contributed by atoms with van der Waals surface area (Å²) < 4.78 is 0. The van der Waals surface area contributed by atoms with Gasteiger partial charge in [-0.3, -0.25) is 19.4 Å². The van der Waals surface area contributed by atoms with Gasteiger partial charge in [0.2, 0.25) is 0 Å². The second kappa shape index (κ2) is 24.8. The number of hydrogen-bond acceptors (Lipinski definition) is 10. The zero-order valence-electron chi connectivity index (χ0n) is 30.4. The van der Waals surface area contributed by atoms with E-state index in [2.05, 4.69) is 49.7 Å². The third-order valence-electron chi connectivity index (χ3n) is 8.08. The van der Waals surface area contributed by atoms with Crippen LogP contribution in [0.3, 0.4) is 0 Å². The van der Waals surface area contributed by atoms with E-state index in [1.165, 1.54) is 0 Å². The molecule has 0 saturated heterocycles. The van der Waals surface area contributed by atoms with Crippen LogP contribution in [0.2, 0.25) is 0 Å². The fourth-order valence-corrected chi connectivity index (χ4v) is 5.88. The summed E-state index contributed by atoms with van der Waals surface area (Å²) in [5.74, 6) is 3.56. The number of fused-ring (bicyclic) bond motifs is 4. The summed E-state index contributed by atoms with van der Waals surface area (Å²) in [7, 11) is 0. The summed E-state index contributed by atoms with van der Waals surface area (Å²) in [6, 6.07) is 31.9. The number of aliphatic hydroxyl groups is 2. The van der Waals surface area contributed by atoms with E-state index < -0.39 is 0 Å². The predicted octanol–water partition coefficient (Wildman–Crippen LogP) is 3.82. The number of benzene rings is 4. The summed E-state index contributed by atoms with van der Waals surface area (Å²) in [6.45, 7) is 3.85. The molecule has 0 saturated carbocycles. The normalized spacial score (nSPS) is 10.2. The Balaban J connectivity index is 0.000000331. The quantitative estimate of drug-likeness (QED) is 0.0587. The van der Waals surface area contributed by atoms with Gasteiger partial charge in [-0.25, -0.2) is 19.9 Å². The van der Waals surface area contributed by atoms with Crippen LogP contribution < -0.4 is 0 Å². The first kappa shape index (κ1) is 47.5. The van der Waals surface area contributed by atoms with Gasteiger partial charge in [-0.05, 0) is 60.7 Å². The predicted molar refractivity (Wildman–Crippen MR) is 208 cm³/mol. The Morgan fingerprint density at radius 3 is 0.877 bits per heavy atom. The minimum atomic E-state index is 0. The van der Waals surface area contributed by atoms with E-state index in [0.717, 1.165) is 67.4 Å². The van der Waals surface area contributed by atoms with Crippen molar-refractivity contribution in [3.63, 3.8) is 0 Å². The molecule has 4 aromatic carbocycles. The number of rotatable bonds is 12. The number of H-pyrrole nitrogens is 4. The van der Waals surface area contributed by atoms with Crippen LogP contribution in [-0.4, -0.2) is 104 Å². The number of nitrogens with one attached hydrogen (secondary N) is 4. The number of hydrogen-bond donors (Lipinski definition) is 6. The summed E-state index contributed by atoms with van der Waals surface area (Å²) in [4.78, 5) is 52.5. The molecule has 0 bridgehead atoms. The molecule has 0 radical (unpaired) electrons. The smallest absolute Gasteiger partial charge is 0.121 e. The molecule has 0 fully saturated rings. The van der Waals surface area contributed by atoms with E-state index in [9.17, 15) is 10.2 Å². The summed E-state index contributed by atoms with van der Waals surface area (Å²) in [6.07, 6.45) is 1.00. The van der Waals surface area contributed by atoms with Crippen LogP contribution in [0.15, 0.2) is 97.1 Å². The number of isocyanates is 2. The Bertz CT molecular complexity index is 2000. The second-order valence-corrected chi connectivity index (χ2v) is 11.9. The summed E-state index contributed by atoms with van der Waals surface area (Å²) in [5, 5.41) is 32.3. The van der Waals surface area contributed by atoms with Crippen molar-refractivity contribution in [2.45, 2.75) is 26.2 Å². The second-order valence-electron chi connectivity index (χ2n) is 11.9. The molecule has 8 rings (SSSR count). The molecule has 300 valence electrons. The molecule has 0 aliphatic heterocycles. The van der Waals surface area contributed by atoms with Gasteiger partial charge in [0.05, 0.1) is 83.5 Å². The fourth-order valence-electron chi connectivity index (χ4n) is 5.88. The number of nitrogens with zero attached hydrogens (tertiary/aromatic N) is 8. The van der Waals surface area contributed by atoms with Gasteiger partial charge in [0.1, 0.15) is 23.3 Å². The molecule has 0 spiro atoms. The maximum Gasteiger partial charge on any atom is 0.121 e. The fraction of sp³-hybridized carbons (Fsp3) is 0.211. The number of para-hydroxylation sites is 8. The average molecular weight is 857 g/mol. The molecule has 8 N–H and O–H groups in total.